The molecule has 4 rings (SSSR count). The van der Waals surface area contributed by atoms with E-state index < -0.39 is 10.0 Å². The summed E-state index contributed by atoms with van der Waals surface area (Å²) in [7, 11) is -3.87. The van der Waals surface area contributed by atoms with Gasteiger partial charge >= 0.3 is 0 Å². The monoisotopic (exact) mass is 465 g/mol. The second-order valence-electron chi connectivity index (χ2n) is 7.16. The van der Waals surface area contributed by atoms with Crippen LogP contribution in [0.2, 0.25) is 0 Å². The summed E-state index contributed by atoms with van der Waals surface area (Å²) >= 11 is 0. The smallest absolute Gasteiger partial charge is 0.264 e. The summed E-state index contributed by atoms with van der Waals surface area (Å²) < 4.78 is 27.1. The molecule has 2 N–H and O–H groups in total. The Morgan fingerprint density at radius 2 is 1.48 bits per heavy atom. The van der Waals surface area contributed by atoms with Crippen LogP contribution in [0.15, 0.2) is 71.9 Å². The molecule has 0 fully saturated rings. The molecule has 0 aliphatic carbocycles. The van der Waals surface area contributed by atoms with Gasteiger partial charge in [0.1, 0.15) is 0 Å². The number of carbonyl (C=O) groups excluding carboxylic acids is 3. The lowest BCUT2D eigenvalue weighted by molar-refractivity contribution is -0.116. The van der Waals surface area contributed by atoms with E-state index in [0.717, 1.165) is 4.90 Å². The van der Waals surface area contributed by atoms with Crippen LogP contribution >= 0.6 is 0 Å². The Labute approximate surface area is 189 Å². The van der Waals surface area contributed by atoms with Gasteiger partial charge in [0.05, 0.1) is 16.0 Å². The first-order chi connectivity index (χ1) is 15.8. The number of sulfonamides is 1. The van der Waals surface area contributed by atoms with Crippen molar-refractivity contribution in [3.63, 3.8) is 0 Å². The molecule has 2 heterocycles. The van der Waals surface area contributed by atoms with Gasteiger partial charge in [0.15, 0.2) is 0 Å². The molecule has 0 unspecified atom stereocenters. The minimum absolute atomic E-state index is 0.0152. The highest BCUT2D eigenvalue weighted by Crippen LogP contribution is 2.23. The molecular weight excluding hydrogens is 446 g/mol. The van der Waals surface area contributed by atoms with Crippen molar-refractivity contribution in [3.8, 4) is 0 Å². The molecule has 0 atom stereocenters. The number of nitrogens with zero attached hydrogens (tertiary/aromatic N) is 3. The van der Waals surface area contributed by atoms with E-state index in [9.17, 15) is 22.8 Å². The number of hydrogen-bond acceptors (Lipinski definition) is 7. The molecule has 1 aliphatic heterocycles. The first kappa shape index (κ1) is 22.1. The number of imide groups is 1. The van der Waals surface area contributed by atoms with Gasteiger partial charge in [-0.3, -0.25) is 19.3 Å². The average Bonchev–Trinajstić information content (AvgIpc) is 3.05. The van der Waals surface area contributed by atoms with Gasteiger partial charge in [-0.05, 0) is 48.9 Å². The number of fused-ring (bicyclic) bond motifs is 1. The van der Waals surface area contributed by atoms with E-state index in [1.54, 1.807) is 30.3 Å². The fourth-order valence-corrected chi connectivity index (χ4v) is 4.27. The van der Waals surface area contributed by atoms with Crippen LogP contribution in [0.3, 0.4) is 0 Å². The topological polar surface area (TPSA) is 138 Å². The predicted octanol–water partition coefficient (Wildman–Crippen LogP) is 2.29. The van der Waals surface area contributed by atoms with Crippen LogP contribution in [0.25, 0.3) is 0 Å². The number of anilines is 2. The number of nitrogens with one attached hydrogen (secondary N) is 2. The van der Waals surface area contributed by atoms with Gasteiger partial charge in [-0.15, -0.1) is 0 Å². The minimum Gasteiger partial charge on any atom is -0.326 e. The summed E-state index contributed by atoms with van der Waals surface area (Å²) in [5, 5.41) is 2.67. The zero-order chi connectivity index (χ0) is 23.4. The predicted molar refractivity (Wildman–Crippen MR) is 119 cm³/mol. The van der Waals surface area contributed by atoms with E-state index in [4.69, 9.17) is 0 Å². The summed E-state index contributed by atoms with van der Waals surface area (Å²) in [4.78, 5) is 45.7. The van der Waals surface area contributed by atoms with E-state index >= 15 is 0 Å². The Hall–Kier alpha value is -4.12. The van der Waals surface area contributed by atoms with E-state index in [0.29, 0.717) is 23.2 Å². The minimum atomic E-state index is -3.87. The van der Waals surface area contributed by atoms with Crippen LogP contribution < -0.4 is 10.0 Å². The molecule has 11 heteroatoms. The number of amides is 3. The van der Waals surface area contributed by atoms with Gasteiger partial charge in [-0.1, -0.05) is 12.1 Å². The van der Waals surface area contributed by atoms with Crippen molar-refractivity contribution in [3.05, 3.63) is 78.1 Å². The van der Waals surface area contributed by atoms with Crippen molar-refractivity contribution in [2.24, 2.45) is 0 Å². The van der Waals surface area contributed by atoms with Crippen molar-refractivity contribution in [1.29, 1.82) is 0 Å². The number of rotatable bonds is 8. The quantitative estimate of drug-likeness (QED) is 0.487. The molecular formula is C22H19N5O5S. The van der Waals surface area contributed by atoms with E-state index in [1.807, 2.05) is 0 Å². The number of benzene rings is 2. The Bertz CT molecular complexity index is 1280. The molecule has 1 aromatic heterocycles. The second-order valence-corrected chi connectivity index (χ2v) is 8.84. The van der Waals surface area contributed by atoms with Crippen LogP contribution in [0.1, 0.15) is 33.6 Å². The highest BCUT2D eigenvalue weighted by molar-refractivity contribution is 7.92. The third-order valence-corrected chi connectivity index (χ3v) is 6.25. The molecule has 0 saturated carbocycles. The van der Waals surface area contributed by atoms with E-state index in [1.165, 1.54) is 36.7 Å². The van der Waals surface area contributed by atoms with E-state index in [2.05, 4.69) is 20.0 Å². The molecule has 3 aromatic rings. The number of carbonyl (C=O) groups is 3. The first-order valence-corrected chi connectivity index (χ1v) is 11.5. The Kier molecular flexibility index (Phi) is 6.13. The maximum Gasteiger partial charge on any atom is 0.264 e. The molecule has 0 saturated heterocycles. The van der Waals surface area contributed by atoms with Crippen LogP contribution in [0.4, 0.5) is 11.6 Å². The Morgan fingerprint density at radius 3 is 2.09 bits per heavy atom. The molecule has 0 spiro atoms. The lowest BCUT2D eigenvalue weighted by atomic mass is 10.1. The number of hydrogen-bond donors (Lipinski definition) is 2. The normalized spacial score (nSPS) is 13.0. The van der Waals surface area contributed by atoms with Crippen LogP contribution in [0.5, 0.6) is 0 Å². The Balaban J connectivity index is 1.29. The summed E-state index contributed by atoms with van der Waals surface area (Å²) in [6, 6.07) is 13.8. The lowest BCUT2D eigenvalue weighted by Crippen LogP contribution is -2.31. The van der Waals surface area contributed by atoms with Crippen LogP contribution in [-0.2, 0) is 14.8 Å². The van der Waals surface area contributed by atoms with E-state index in [-0.39, 0.29) is 41.5 Å². The van der Waals surface area contributed by atoms with Crippen LogP contribution in [0, 0.1) is 0 Å². The molecule has 1 aliphatic rings. The Morgan fingerprint density at radius 1 is 0.879 bits per heavy atom. The third-order valence-electron chi connectivity index (χ3n) is 4.90. The largest absolute Gasteiger partial charge is 0.326 e. The van der Waals surface area contributed by atoms with Gasteiger partial charge in [0.2, 0.25) is 11.9 Å². The van der Waals surface area contributed by atoms with Gasteiger partial charge in [0.25, 0.3) is 21.8 Å². The maximum atomic E-state index is 12.4. The zero-order valence-electron chi connectivity index (χ0n) is 17.3. The molecule has 0 bridgehead atoms. The third kappa shape index (κ3) is 4.88. The number of aromatic nitrogens is 2. The van der Waals surface area contributed by atoms with Crippen molar-refractivity contribution in [2.45, 2.75) is 17.7 Å². The van der Waals surface area contributed by atoms with Gasteiger partial charge in [-0.2, -0.15) is 0 Å². The highest BCUT2D eigenvalue weighted by atomic mass is 32.2. The first-order valence-electron chi connectivity index (χ1n) is 10.00. The van der Waals surface area contributed by atoms with Gasteiger partial charge < -0.3 is 5.32 Å². The van der Waals surface area contributed by atoms with Gasteiger partial charge in [-0.25, -0.2) is 23.1 Å². The summed E-state index contributed by atoms with van der Waals surface area (Å²) in [6.07, 6.45) is 3.21. The summed E-state index contributed by atoms with van der Waals surface area (Å²) in [5.41, 5.74) is 1.15. The molecule has 0 radical (unpaired) electrons. The molecule has 10 nitrogen and oxygen atoms in total. The zero-order valence-corrected chi connectivity index (χ0v) is 18.1. The standard InChI is InChI=1S/C22H19N5O5S/c28-19(7-3-14-27-20(29)17-5-1-2-6-18(17)21(27)30)25-15-8-10-16(11-9-15)33(31,32)26-22-23-12-4-13-24-22/h1-2,4-6,8-13H,3,7,14H2,(H,25,28)(H,23,24,26). The summed E-state index contributed by atoms with van der Waals surface area (Å²) in [6.45, 7) is 0.129. The maximum absolute atomic E-state index is 12.4. The molecule has 3 amide bonds. The van der Waals surface area contributed by atoms with Crippen molar-refractivity contribution < 1.29 is 22.8 Å². The SMILES string of the molecule is O=C(CCCN1C(=O)c2ccccc2C1=O)Nc1ccc(S(=O)(=O)Nc2ncccn2)cc1. The lowest BCUT2D eigenvalue weighted by Gasteiger charge is -2.13. The van der Waals surface area contributed by atoms with Crippen molar-refractivity contribution >= 4 is 39.4 Å². The summed E-state index contributed by atoms with van der Waals surface area (Å²) in [5.74, 6) is -1.09. The van der Waals surface area contributed by atoms with Crippen LogP contribution in [-0.4, -0.2) is 47.6 Å². The highest BCUT2D eigenvalue weighted by Gasteiger charge is 2.34. The molecule has 33 heavy (non-hydrogen) atoms. The fraction of sp³-hybridized carbons (Fsp3) is 0.136. The molecule has 2 aromatic carbocycles. The molecule has 168 valence electrons. The van der Waals surface area contributed by atoms with Crippen molar-refractivity contribution in [1.82, 2.24) is 14.9 Å². The average molecular weight is 465 g/mol. The fourth-order valence-electron chi connectivity index (χ4n) is 3.31. The van der Waals surface area contributed by atoms with Gasteiger partial charge in [0, 0.05) is 31.0 Å². The second kappa shape index (κ2) is 9.17. The van der Waals surface area contributed by atoms with Crippen molar-refractivity contribution in [2.75, 3.05) is 16.6 Å².